The van der Waals surface area contributed by atoms with Gasteiger partial charge in [-0.25, -0.2) is 0 Å². The van der Waals surface area contributed by atoms with Crippen molar-refractivity contribution >= 4 is 5.91 Å². The number of pyridine rings is 1. The summed E-state index contributed by atoms with van der Waals surface area (Å²) in [5.74, 6) is 0.0726. The maximum atomic E-state index is 12.7. The molecule has 1 saturated heterocycles. The van der Waals surface area contributed by atoms with E-state index in [-0.39, 0.29) is 29.1 Å². The standard InChI is InChI=1S/C21H32N2O2/c1-20(2,3)19(17-9-5-8-14-22-17)23-18(24)15-16-10-13-21(25-16)11-6-4-7-12-21/h5,8-9,14,16,19H,4,6-7,10-13,15H2,1-3H3,(H,23,24)/t16-,19+/m0/s1. The smallest absolute Gasteiger partial charge is 0.223 e. The van der Waals surface area contributed by atoms with E-state index in [1.54, 1.807) is 6.20 Å². The van der Waals surface area contributed by atoms with Gasteiger partial charge in [-0.15, -0.1) is 0 Å². The first-order valence-electron chi connectivity index (χ1n) is 9.76. The van der Waals surface area contributed by atoms with E-state index in [9.17, 15) is 4.79 Å². The van der Waals surface area contributed by atoms with Crippen LogP contribution < -0.4 is 5.32 Å². The number of carbonyl (C=O) groups is 1. The molecule has 2 atom stereocenters. The Balaban J connectivity index is 1.59. The van der Waals surface area contributed by atoms with E-state index in [2.05, 4.69) is 31.1 Å². The van der Waals surface area contributed by atoms with Crippen LogP contribution in [0.3, 0.4) is 0 Å². The lowest BCUT2D eigenvalue weighted by molar-refractivity contribution is -0.128. The fourth-order valence-electron chi connectivity index (χ4n) is 4.31. The highest BCUT2D eigenvalue weighted by Crippen LogP contribution is 2.42. The average Bonchev–Trinajstić information content (AvgIpc) is 2.95. The Morgan fingerprint density at radius 1 is 1.28 bits per heavy atom. The number of nitrogens with one attached hydrogen (secondary N) is 1. The lowest BCUT2D eigenvalue weighted by Gasteiger charge is -2.34. The van der Waals surface area contributed by atoms with Crippen molar-refractivity contribution in [3.05, 3.63) is 30.1 Å². The summed E-state index contributed by atoms with van der Waals surface area (Å²) in [6.45, 7) is 6.40. The van der Waals surface area contributed by atoms with Crippen molar-refractivity contribution in [1.29, 1.82) is 0 Å². The van der Waals surface area contributed by atoms with Crippen LogP contribution in [0.2, 0.25) is 0 Å². The molecule has 1 aliphatic carbocycles. The van der Waals surface area contributed by atoms with Crippen molar-refractivity contribution in [2.45, 2.75) is 89.9 Å². The molecule has 138 valence electrons. The summed E-state index contributed by atoms with van der Waals surface area (Å²) in [6, 6.07) is 5.77. The fraction of sp³-hybridized carbons (Fsp3) is 0.714. The number of aromatic nitrogens is 1. The van der Waals surface area contributed by atoms with Crippen molar-refractivity contribution in [2.24, 2.45) is 5.41 Å². The van der Waals surface area contributed by atoms with Gasteiger partial charge >= 0.3 is 0 Å². The van der Waals surface area contributed by atoms with E-state index in [0.717, 1.165) is 18.5 Å². The Kier molecular flexibility index (Phi) is 5.47. The van der Waals surface area contributed by atoms with E-state index >= 15 is 0 Å². The summed E-state index contributed by atoms with van der Waals surface area (Å²) in [6.07, 6.45) is 10.7. The van der Waals surface area contributed by atoms with Gasteiger partial charge in [-0.05, 0) is 43.2 Å². The fourth-order valence-corrected chi connectivity index (χ4v) is 4.31. The van der Waals surface area contributed by atoms with Gasteiger partial charge in [0, 0.05) is 6.20 Å². The Hall–Kier alpha value is -1.42. The number of nitrogens with zero attached hydrogens (tertiary/aromatic N) is 1. The minimum absolute atomic E-state index is 0.0717. The molecule has 4 heteroatoms. The largest absolute Gasteiger partial charge is 0.371 e. The van der Waals surface area contributed by atoms with Crippen LogP contribution in [0.15, 0.2) is 24.4 Å². The highest BCUT2D eigenvalue weighted by atomic mass is 16.5. The quantitative estimate of drug-likeness (QED) is 0.871. The molecule has 2 fully saturated rings. The normalized spacial score (nSPS) is 24.2. The van der Waals surface area contributed by atoms with Crippen LogP contribution in [0.5, 0.6) is 0 Å². The summed E-state index contributed by atoms with van der Waals surface area (Å²) >= 11 is 0. The molecule has 1 amide bonds. The molecule has 2 heterocycles. The zero-order valence-corrected chi connectivity index (χ0v) is 15.9. The molecule has 0 radical (unpaired) electrons. The van der Waals surface area contributed by atoms with Gasteiger partial charge in [0.25, 0.3) is 0 Å². The van der Waals surface area contributed by atoms with Crippen LogP contribution in [-0.2, 0) is 9.53 Å². The molecular formula is C21H32N2O2. The van der Waals surface area contributed by atoms with Gasteiger partial charge in [-0.2, -0.15) is 0 Å². The molecule has 2 aliphatic rings. The lowest BCUT2D eigenvalue weighted by Crippen LogP contribution is -2.39. The summed E-state index contributed by atoms with van der Waals surface area (Å²) < 4.78 is 6.36. The third-order valence-electron chi connectivity index (χ3n) is 5.67. The SMILES string of the molecule is CC(C)(C)[C@H](NC(=O)C[C@@H]1CCC2(CCCCC2)O1)c1ccccn1. The number of ether oxygens (including phenoxy) is 1. The zero-order chi connectivity index (χ0) is 17.9. The highest BCUT2D eigenvalue weighted by molar-refractivity contribution is 5.77. The van der Waals surface area contributed by atoms with Crippen LogP contribution >= 0.6 is 0 Å². The zero-order valence-electron chi connectivity index (χ0n) is 15.9. The Bertz CT molecular complexity index is 573. The second-order valence-electron chi connectivity index (χ2n) is 8.85. The first-order chi connectivity index (χ1) is 11.9. The van der Waals surface area contributed by atoms with Crippen LogP contribution in [0, 0.1) is 5.41 Å². The predicted molar refractivity (Wildman–Crippen MR) is 99.1 cm³/mol. The molecule has 1 saturated carbocycles. The molecule has 1 aliphatic heterocycles. The first-order valence-corrected chi connectivity index (χ1v) is 9.76. The van der Waals surface area contributed by atoms with Gasteiger partial charge in [-0.3, -0.25) is 9.78 Å². The van der Waals surface area contributed by atoms with E-state index in [4.69, 9.17) is 4.74 Å². The average molecular weight is 344 g/mol. The Morgan fingerprint density at radius 3 is 2.68 bits per heavy atom. The van der Waals surface area contributed by atoms with Crippen molar-refractivity contribution in [3.63, 3.8) is 0 Å². The molecule has 1 aromatic rings. The molecule has 1 spiro atoms. The van der Waals surface area contributed by atoms with E-state index in [1.807, 2.05) is 18.2 Å². The molecule has 1 aromatic heterocycles. The lowest BCUT2D eigenvalue weighted by atomic mass is 9.83. The first kappa shape index (κ1) is 18.4. The van der Waals surface area contributed by atoms with Crippen molar-refractivity contribution in [2.75, 3.05) is 0 Å². The van der Waals surface area contributed by atoms with Gasteiger partial charge in [0.2, 0.25) is 5.91 Å². The number of hydrogen-bond acceptors (Lipinski definition) is 3. The second kappa shape index (κ2) is 7.45. The number of hydrogen-bond donors (Lipinski definition) is 1. The summed E-state index contributed by atoms with van der Waals surface area (Å²) in [4.78, 5) is 17.1. The van der Waals surface area contributed by atoms with Crippen LogP contribution in [-0.4, -0.2) is 22.6 Å². The molecular weight excluding hydrogens is 312 g/mol. The third kappa shape index (κ3) is 4.60. The summed E-state index contributed by atoms with van der Waals surface area (Å²) in [5, 5.41) is 3.21. The van der Waals surface area contributed by atoms with Gasteiger partial charge in [0.05, 0.1) is 29.9 Å². The maximum Gasteiger partial charge on any atom is 0.223 e. The summed E-state index contributed by atoms with van der Waals surface area (Å²) in [5.41, 5.74) is 0.901. The monoisotopic (exact) mass is 344 g/mol. The van der Waals surface area contributed by atoms with Gasteiger partial charge in [0.1, 0.15) is 0 Å². The van der Waals surface area contributed by atoms with E-state index in [1.165, 1.54) is 32.1 Å². The van der Waals surface area contributed by atoms with Crippen LogP contribution in [0.25, 0.3) is 0 Å². The molecule has 0 unspecified atom stereocenters. The molecule has 0 bridgehead atoms. The highest BCUT2D eigenvalue weighted by Gasteiger charge is 2.41. The topological polar surface area (TPSA) is 51.2 Å². The van der Waals surface area contributed by atoms with Crippen LogP contribution in [0.1, 0.15) is 83.9 Å². The molecule has 3 rings (SSSR count). The number of rotatable bonds is 4. The molecule has 4 nitrogen and oxygen atoms in total. The Labute approximate surface area is 151 Å². The predicted octanol–water partition coefficient (Wildman–Crippen LogP) is 4.56. The van der Waals surface area contributed by atoms with Crippen molar-refractivity contribution < 1.29 is 9.53 Å². The maximum absolute atomic E-state index is 12.7. The van der Waals surface area contributed by atoms with Gasteiger partial charge < -0.3 is 10.1 Å². The van der Waals surface area contributed by atoms with Crippen molar-refractivity contribution in [1.82, 2.24) is 10.3 Å². The van der Waals surface area contributed by atoms with E-state index in [0.29, 0.717) is 6.42 Å². The summed E-state index contributed by atoms with van der Waals surface area (Å²) in [7, 11) is 0. The second-order valence-corrected chi connectivity index (χ2v) is 8.85. The molecule has 0 aromatic carbocycles. The van der Waals surface area contributed by atoms with Gasteiger partial charge in [-0.1, -0.05) is 46.1 Å². The number of carbonyl (C=O) groups excluding carboxylic acids is 1. The molecule has 25 heavy (non-hydrogen) atoms. The minimum atomic E-state index is -0.0921. The number of amides is 1. The third-order valence-corrected chi connectivity index (χ3v) is 5.67. The Morgan fingerprint density at radius 2 is 2.04 bits per heavy atom. The van der Waals surface area contributed by atoms with Gasteiger partial charge in [0.15, 0.2) is 0 Å². The van der Waals surface area contributed by atoms with Crippen molar-refractivity contribution in [3.8, 4) is 0 Å². The minimum Gasteiger partial charge on any atom is -0.371 e. The van der Waals surface area contributed by atoms with E-state index < -0.39 is 0 Å². The van der Waals surface area contributed by atoms with Crippen LogP contribution in [0.4, 0.5) is 0 Å². The molecule has 1 N–H and O–H groups in total.